The Kier molecular flexibility index (Phi) is 6.86. The number of ketones is 1. The SMILES string of the molecule is CC(=O)O[C@H]1C[C@@]2(C)[C@@H](CC[C@]2(OC(C)=O)C(=O)COC(=O)Cl)[C@@H]2CCC3=CC(O)CC[C@]3(C)[C@H]21. The molecular weight excluding hydrogens is 476 g/mol. The number of aliphatic hydroxyl groups excluding tert-OH is 1. The van der Waals surface area contributed by atoms with Crippen LogP contribution in [0.1, 0.15) is 72.6 Å². The number of aliphatic hydroxyl groups is 1. The maximum atomic E-state index is 13.5. The van der Waals surface area contributed by atoms with Crippen molar-refractivity contribution >= 4 is 34.8 Å². The summed E-state index contributed by atoms with van der Waals surface area (Å²) in [4.78, 5) is 49.2. The fourth-order valence-corrected chi connectivity index (χ4v) is 8.33. The predicted octanol–water partition coefficient (Wildman–Crippen LogP) is 4.10. The largest absolute Gasteiger partial charge is 0.462 e. The molecule has 0 amide bonds. The Morgan fingerprint density at radius 3 is 2.43 bits per heavy atom. The van der Waals surface area contributed by atoms with E-state index in [1.807, 2.05) is 13.0 Å². The second-order valence-corrected chi connectivity index (χ2v) is 11.5. The minimum absolute atomic E-state index is 0.0286. The van der Waals surface area contributed by atoms with Gasteiger partial charge in [0.15, 0.2) is 12.2 Å². The van der Waals surface area contributed by atoms with E-state index in [2.05, 4.69) is 6.92 Å². The normalized spacial score (nSPS) is 42.0. The maximum Gasteiger partial charge on any atom is 0.404 e. The molecule has 35 heavy (non-hydrogen) atoms. The molecule has 3 saturated carbocycles. The summed E-state index contributed by atoms with van der Waals surface area (Å²) in [7, 11) is 0. The zero-order valence-corrected chi connectivity index (χ0v) is 21.6. The summed E-state index contributed by atoms with van der Waals surface area (Å²) in [5.41, 5.74) is -2.43. The predicted molar refractivity (Wildman–Crippen MR) is 125 cm³/mol. The highest BCUT2D eigenvalue weighted by Gasteiger charge is 2.71. The molecule has 9 heteroatoms. The molecule has 0 saturated heterocycles. The third-order valence-corrected chi connectivity index (χ3v) is 9.63. The van der Waals surface area contributed by atoms with Crippen LogP contribution in [0.3, 0.4) is 0 Å². The van der Waals surface area contributed by atoms with Gasteiger partial charge in [0.1, 0.15) is 6.10 Å². The molecule has 3 fully saturated rings. The van der Waals surface area contributed by atoms with Gasteiger partial charge in [0, 0.05) is 36.8 Å². The Morgan fingerprint density at radius 2 is 1.80 bits per heavy atom. The van der Waals surface area contributed by atoms with Crippen LogP contribution in [0.4, 0.5) is 4.79 Å². The fourth-order valence-electron chi connectivity index (χ4n) is 8.28. The first-order valence-corrected chi connectivity index (χ1v) is 12.8. The first-order valence-electron chi connectivity index (χ1n) is 12.5. The molecule has 1 N–H and O–H groups in total. The van der Waals surface area contributed by atoms with Crippen molar-refractivity contribution < 1.29 is 38.5 Å². The average Bonchev–Trinajstić information content (AvgIpc) is 3.04. The first kappa shape index (κ1) is 26.1. The van der Waals surface area contributed by atoms with Crippen molar-refractivity contribution in [3.8, 4) is 0 Å². The Balaban J connectivity index is 1.78. The van der Waals surface area contributed by atoms with Gasteiger partial charge in [-0.05, 0) is 62.2 Å². The molecule has 4 aliphatic rings. The van der Waals surface area contributed by atoms with E-state index in [4.69, 9.17) is 25.8 Å². The molecule has 0 aromatic rings. The van der Waals surface area contributed by atoms with Crippen molar-refractivity contribution in [3.05, 3.63) is 11.6 Å². The Bertz CT molecular complexity index is 961. The Hall–Kier alpha value is -1.93. The molecule has 1 unspecified atom stereocenters. The topological polar surface area (TPSA) is 116 Å². The van der Waals surface area contributed by atoms with Crippen molar-refractivity contribution in [1.82, 2.24) is 0 Å². The van der Waals surface area contributed by atoms with Gasteiger partial charge in [-0.1, -0.05) is 25.5 Å². The third kappa shape index (κ3) is 4.20. The average molecular weight is 511 g/mol. The summed E-state index contributed by atoms with van der Waals surface area (Å²) in [6.45, 7) is 6.21. The van der Waals surface area contributed by atoms with E-state index in [0.29, 0.717) is 25.7 Å². The lowest BCUT2D eigenvalue weighted by Crippen LogP contribution is -2.63. The number of hydrogen-bond acceptors (Lipinski definition) is 8. The molecule has 194 valence electrons. The summed E-state index contributed by atoms with van der Waals surface area (Å²) in [5.74, 6) is -1.29. The number of esters is 2. The molecule has 0 spiro atoms. The van der Waals surface area contributed by atoms with Gasteiger partial charge in [-0.15, -0.1) is 0 Å². The van der Waals surface area contributed by atoms with Gasteiger partial charge in [-0.3, -0.25) is 14.4 Å². The van der Waals surface area contributed by atoms with Crippen LogP contribution in [0.2, 0.25) is 0 Å². The van der Waals surface area contributed by atoms with Crippen LogP contribution in [-0.4, -0.2) is 52.7 Å². The van der Waals surface area contributed by atoms with Gasteiger partial charge in [-0.25, -0.2) is 4.79 Å². The van der Waals surface area contributed by atoms with Gasteiger partial charge >= 0.3 is 17.4 Å². The number of ether oxygens (including phenoxy) is 3. The molecule has 8 atom stereocenters. The summed E-state index contributed by atoms with van der Waals surface area (Å²) in [5, 5.41) is 10.3. The van der Waals surface area contributed by atoms with Crippen LogP contribution in [0.25, 0.3) is 0 Å². The van der Waals surface area contributed by atoms with Crippen LogP contribution >= 0.6 is 11.6 Å². The molecule has 4 aliphatic carbocycles. The number of allylic oxidation sites excluding steroid dienone is 1. The third-order valence-electron chi connectivity index (χ3n) is 9.52. The smallest absolute Gasteiger partial charge is 0.404 e. The maximum absolute atomic E-state index is 13.5. The minimum atomic E-state index is -1.50. The summed E-state index contributed by atoms with van der Waals surface area (Å²) in [6.07, 6.45) is 5.44. The molecule has 0 heterocycles. The number of carbonyl (C=O) groups excluding carboxylic acids is 4. The van der Waals surface area contributed by atoms with Gasteiger partial charge in [0.25, 0.3) is 0 Å². The van der Waals surface area contributed by atoms with Crippen LogP contribution in [0, 0.1) is 28.6 Å². The molecule has 4 rings (SSSR count). The molecule has 0 aromatic heterocycles. The lowest BCUT2D eigenvalue weighted by atomic mass is 9.45. The lowest BCUT2D eigenvalue weighted by Gasteiger charge is -2.61. The highest BCUT2D eigenvalue weighted by molar-refractivity contribution is 6.61. The van der Waals surface area contributed by atoms with Gasteiger partial charge < -0.3 is 19.3 Å². The quantitative estimate of drug-likeness (QED) is 0.254. The molecule has 0 aliphatic heterocycles. The van der Waals surface area contributed by atoms with Crippen molar-refractivity contribution in [1.29, 1.82) is 0 Å². The molecule has 8 nitrogen and oxygen atoms in total. The monoisotopic (exact) mass is 510 g/mol. The fraction of sp³-hybridized carbons (Fsp3) is 0.769. The molecule has 0 radical (unpaired) electrons. The summed E-state index contributed by atoms with van der Waals surface area (Å²) in [6, 6.07) is 0. The highest BCUT2D eigenvalue weighted by Crippen LogP contribution is 2.69. The van der Waals surface area contributed by atoms with Crippen LogP contribution < -0.4 is 0 Å². The van der Waals surface area contributed by atoms with Crippen molar-refractivity contribution in [2.24, 2.45) is 28.6 Å². The summed E-state index contributed by atoms with van der Waals surface area (Å²) < 4.78 is 16.6. The number of halogens is 1. The van der Waals surface area contributed by atoms with E-state index in [-0.39, 0.29) is 23.2 Å². The number of carbonyl (C=O) groups is 4. The summed E-state index contributed by atoms with van der Waals surface area (Å²) >= 11 is 5.31. The number of Topliss-reactive ketones (excluding diaryl/α,β-unsaturated/α-hetero) is 1. The Labute approximate surface area is 210 Å². The number of hydrogen-bond donors (Lipinski definition) is 1. The van der Waals surface area contributed by atoms with Crippen molar-refractivity contribution in [3.63, 3.8) is 0 Å². The second-order valence-electron chi connectivity index (χ2n) is 11.2. The van der Waals surface area contributed by atoms with Crippen molar-refractivity contribution in [2.45, 2.75) is 90.4 Å². The van der Waals surface area contributed by atoms with Gasteiger partial charge in [0.2, 0.25) is 5.78 Å². The van der Waals surface area contributed by atoms with Gasteiger partial charge in [0.05, 0.1) is 6.10 Å². The minimum Gasteiger partial charge on any atom is -0.462 e. The van der Waals surface area contributed by atoms with Crippen molar-refractivity contribution in [2.75, 3.05) is 6.61 Å². The zero-order valence-electron chi connectivity index (χ0n) is 20.8. The van der Waals surface area contributed by atoms with Gasteiger partial charge in [-0.2, -0.15) is 0 Å². The van der Waals surface area contributed by atoms with E-state index < -0.39 is 53.0 Å². The second kappa shape index (κ2) is 9.18. The number of fused-ring (bicyclic) bond motifs is 5. The molecule has 0 bridgehead atoms. The van der Waals surface area contributed by atoms with E-state index in [0.717, 1.165) is 19.3 Å². The van der Waals surface area contributed by atoms with E-state index in [1.165, 1.54) is 19.4 Å². The molecular formula is C26H35ClO8. The lowest BCUT2D eigenvalue weighted by molar-refractivity contribution is -0.207. The van der Waals surface area contributed by atoms with Crippen LogP contribution in [0.15, 0.2) is 11.6 Å². The Morgan fingerprint density at radius 1 is 1.09 bits per heavy atom. The first-order chi connectivity index (χ1) is 16.3. The van der Waals surface area contributed by atoms with Crippen LogP contribution in [-0.2, 0) is 28.6 Å². The standard InChI is InChI=1S/C26H35ClO8/c1-14(28)34-20-12-25(4)19(8-10-26(25,35-15(2)29)21(31)13-33-23(27)32)18-6-5-16-11-17(30)7-9-24(16,3)22(18)20/h11,17-20,22,30H,5-10,12-13H2,1-4H3/t17?,18-,19-,20-,22+,24-,25-,26-/m0/s1. The molecule has 0 aromatic carbocycles. The van der Waals surface area contributed by atoms with Crippen LogP contribution in [0.5, 0.6) is 0 Å². The number of rotatable bonds is 5. The van der Waals surface area contributed by atoms with E-state index in [9.17, 15) is 24.3 Å². The van der Waals surface area contributed by atoms with E-state index in [1.54, 1.807) is 0 Å². The zero-order chi connectivity index (χ0) is 25.8. The highest BCUT2D eigenvalue weighted by atomic mass is 35.5. The van der Waals surface area contributed by atoms with E-state index >= 15 is 0 Å².